The Morgan fingerprint density at radius 1 is 0.280 bits per heavy atom. The first-order valence-electron chi connectivity index (χ1n) is 39.5. The van der Waals surface area contributed by atoms with Crippen LogP contribution in [-0.2, 0) is 44.3 Å². The molecular weight excluding hydrogens is 1610 g/mol. The van der Waals surface area contributed by atoms with E-state index in [1.165, 1.54) is 18.2 Å². The second kappa shape index (κ2) is 50.0. The molecule has 0 bridgehead atoms. The van der Waals surface area contributed by atoms with Gasteiger partial charge in [0.1, 0.15) is 34.4 Å². The molecule has 0 spiro atoms. The number of alkyl halides is 3. The monoisotopic (exact) mass is 1700 g/mol. The number of azo groups is 8. The van der Waals surface area contributed by atoms with E-state index < -0.39 is 35.6 Å². The standard InChI is InChI=1S/C54H51F3N10O6.C39H40N6O7/c1-6-52(68)72-30-10-8-28-70-50-26-22-45(34-38(50)5)65-67-49-25-21-44(33-37(49)4)63-59-40-16-18-42(19-17-40)61-66-48-24-20-43(32-36(48)3)62-58-39-12-14-41(15-13-39)60-64-46-23-27-51(47(35-46)54(55,56)57)71-29-9-11-31-73-53(69)7-2;1-4-38(47)51-24-8-6-22-49-33-17-14-31(15-18-33)40-43-32-16-20-35(28(3)26-32)44-41-29-10-12-30(13-11-29)42-45-36-21-19-34(27-37(36)46)50-23-7-9-25-52-39(48)5-2/h6-7,12-27,32-35H,1-2,8-11,28-31H2,3-5H3;4-5,10-21,26-27,46H,1-2,6-9,22-25H2,3H3. The Morgan fingerprint density at radius 3 is 0.848 bits per heavy atom. The summed E-state index contributed by atoms with van der Waals surface area (Å²) in [6.07, 6.45) is 4.79. The second-order valence-electron chi connectivity index (χ2n) is 27.0. The number of phenols is 1. The van der Waals surface area contributed by atoms with Gasteiger partial charge in [-0.25, -0.2) is 19.2 Å². The number of hydrogen-bond acceptors (Lipinski definition) is 29. The van der Waals surface area contributed by atoms with E-state index in [0.717, 1.165) is 77.0 Å². The number of ether oxygens (including phenoxy) is 8. The molecule has 0 aliphatic rings. The van der Waals surface area contributed by atoms with Gasteiger partial charge in [0.2, 0.25) is 0 Å². The first kappa shape index (κ1) is 93.5. The fourth-order valence-electron chi connectivity index (χ4n) is 10.7. The molecule has 0 aliphatic carbocycles. The highest BCUT2D eigenvalue weighted by Crippen LogP contribution is 2.41. The van der Waals surface area contributed by atoms with Crippen LogP contribution in [0.1, 0.15) is 79.2 Å². The topological polar surface area (TPSA) is 360 Å². The van der Waals surface area contributed by atoms with Gasteiger partial charge in [-0.05, 0) is 302 Å². The van der Waals surface area contributed by atoms with Crippen LogP contribution < -0.4 is 18.9 Å². The van der Waals surface area contributed by atoms with Gasteiger partial charge in [0.25, 0.3) is 0 Å². The summed E-state index contributed by atoms with van der Waals surface area (Å²) in [5.74, 6) is -0.300. The number of carbonyl (C=O) groups is 4. The Hall–Kier alpha value is -15.4. The van der Waals surface area contributed by atoms with Gasteiger partial charge in [0, 0.05) is 30.4 Å². The largest absolute Gasteiger partial charge is 0.505 e. The summed E-state index contributed by atoms with van der Waals surface area (Å²) < 4.78 is 83.8. The van der Waals surface area contributed by atoms with Crippen LogP contribution in [0.2, 0.25) is 0 Å². The molecule has 642 valence electrons. The molecule has 10 aromatic carbocycles. The van der Waals surface area contributed by atoms with E-state index in [1.807, 2.05) is 113 Å². The van der Waals surface area contributed by atoms with Crippen molar-refractivity contribution in [1.82, 2.24) is 0 Å². The molecule has 0 atom stereocenters. The molecule has 32 heteroatoms. The summed E-state index contributed by atoms with van der Waals surface area (Å²) >= 11 is 0. The molecule has 0 aliphatic heterocycles. The first-order valence-corrected chi connectivity index (χ1v) is 39.5. The third kappa shape index (κ3) is 33.3. The smallest absolute Gasteiger partial charge is 0.420 e. The second-order valence-corrected chi connectivity index (χ2v) is 27.0. The molecule has 125 heavy (non-hydrogen) atoms. The number of aromatic hydroxyl groups is 1. The van der Waals surface area contributed by atoms with Crippen LogP contribution >= 0.6 is 0 Å². The summed E-state index contributed by atoms with van der Waals surface area (Å²) in [6, 6.07) is 58.4. The van der Waals surface area contributed by atoms with Gasteiger partial charge in [0.05, 0.1) is 144 Å². The van der Waals surface area contributed by atoms with Crippen molar-refractivity contribution in [2.75, 3.05) is 52.9 Å². The molecule has 0 amide bonds. The molecule has 0 heterocycles. The number of hydrogen-bond donors (Lipinski definition) is 1. The minimum atomic E-state index is -4.68. The molecule has 0 saturated heterocycles. The number of halogens is 3. The van der Waals surface area contributed by atoms with Crippen LogP contribution in [0.3, 0.4) is 0 Å². The number of carbonyl (C=O) groups excluding carboxylic acids is 4. The molecule has 0 saturated carbocycles. The van der Waals surface area contributed by atoms with Gasteiger partial charge in [-0.3, -0.25) is 0 Å². The number of rotatable bonds is 44. The normalized spacial score (nSPS) is 11.5. The Labute approximate surface area is 720 Å². The Morgan fingerprint density at radius 2 is 0.520 bits per heavy atom. The van der Waals surface area contributed by atoms with Crippen LogP contribution in [0, 0.1) is 27.7 Å². The third-order valence-corrected chi connectivity index (χ3v) is 17.4. The van der Waals surface area contributed by atoms with Crippen LogP contribution in [0.4, 0.5) is 104 Å². The molecule has 0 radical (unpaired) electrons. The fraction of sp³-hybridized carbons (Fsp3) is 0.226. The average Bonchev–Trinajstić information content (AvgIpc) is 0.811. The quantitative estimate of drug-likeness (QED) is 0.0122. The summed E-state index contributed by atoms with van der Waals surface area (Å²) in [4.78, 5) is 44.3. The highest BCUT2D eigenvalue weighted by atomic mass is 19.4. The van der Waals surface area contributed by atoms with Crippen molar-refractivity contribution in [2.45, 2.75) is 85.2 Å². The molecule has 0 unspecified atom stereocenters. The number of unbranched alkanes of at least 4 members (excludes halogenated alkanes) is 4. The van der Waals surface area contributed by atoms with Crippen molar-refractivity contribution in [3.63, 3.8) is 0 Å². The lowest BCUT2D eigenvalue weighted by Crippen LogP contribution is -2.10. The van der Waals surface area contributed by atoms with E-state index in [-0.39, 0.29) is 30.4 Å². The van der Waals surface area contributed by atoms with Crippen LogP contribution in [0.5, 0.6) is 28.7 Å². The maximum absolute atomic E-state index is 13.8. The molecular formula is C93H91F3N16O13. The van der Waals surface area contributed by atoms with Gasteiger partial charge in [-0.2, -0.15) is 89.9 Å². The number of aryl methyl sites for hydroxylation is 4. The summed E-state index contributed by atoms with van der Waals surface area (Å²) in [7, 11) is 0. The van der Waals surface area contributed by atoms with E-state index in [1.54, 1.807) is 97.1 Å². The van der Waals surface area contributed by atoms with E-state index in [4.69, 9.17) is 37.9 Å². The van der Waals surface area contributed by atoms with E-state index in [9.17, 15) is 37.5 Å². The number of phenolic OH excluding ortho intramolecular Hbond substituents is 1. The lowest BCUT2D eigenvalue weighted by Gasteiger charge is -2.14. The van der Waals surface area contributed by atoms with Gasteiger partial charge in [0.15, 0.2) is 0 Å². The molecule has 10 aromatic rings. The zero-order valence-corrected chi connectivity index (χ0v) is 69.2. The Kier molecular flexibility index (Phi) is 37.4. The minimum Gasteiger partial charge on any atom is -0.505 e. The van der Waals surface area contributed by atoms with Gasteiger partial charge in [-0.15, -0.1) is 5.11 Å². The van der Waals surface area contributed by atoms with Gasteiger partial charge in [-0.1, -0.05) is 26.3 Å². The molecule has 10 rings (SSSR count). The minimum absolute atomic E-state index is 0.000120. The summed E-state index contributed by atoms with van der Waals surface area (Å²) in [6.45, 7) is 23.6. The number of esters is 4. The van der Waals surface area contributed by atoms with Crippen molar-refractivity contribution in [3.8, 4) is 28.7 Å². The summed E-state index contributed by atoms with van der Waals surface area (Å²) in [5, 5.41) is 79.1. The van der Waals surface area contributed by atoms with E-state index in [0.29, 0.717) is 169 Å². The highest BCUT2D eigenvalue weighted by molar-refractivity contribution is 5.82. The van der Waals surface area contributed by atoms with E-state index in [2.05, 4.69) is 108 Å². The molecule has 29 nitrogen and oxygen atoms in total. The van der Waals surface area contributed by atoms with Crippen molar-refractivity contribution >= 4 is 115 Å². The Balaban J connectivity index is 0.000000300. The first-order chi connectivity index (χ1) is 60.6. The van der Waals surface area contributed by atoms with E-state index >= 15 is 0 Å². The third-order valence-electron chi connectivity index (χ3n) is 17.4. The SMILES string of the molecule is C=CC(=O)OCCCCOc1ccc(N=Nc2ccc(N=Nc3ccc(N=Nc4ccc(N=Nc5ccc(N=Nc6ccc(OCCCCOC(=O)C=C)c(C(F)(F)F)c6)cc5)cc4C)cc3)cc2C)cc1C.C=CC(=O)OCCCCOc1ccc(N=Nc2ccc(N=Nc3ccc(N=Nc4ccc(OCCCCOC(=O)C=C)cc4O)cc3)c(C)c2)cc1. The maximum atomic E-state index is 13.8. The van der Waals surface area contributed by atoms with Crippen molar-refractivity contribution < 1.29 is 75.4 Å². The number of nitrogens with zero attached hydrogens (tertiary/aromatic N) is 16. The van der Waals surface area contributed by atoms with Crippen molar-refractivity contribution in [1.29, 1.82) is 0 Å². The fourth-order valence-corrected chi connectivity index (χ4v) is 10.7. The average molecular weight is 1700 g/mol. The summed E-state index contributed by atoms with van der Waals surface area (Å²) in [5.41, 5.74) is 11.5. The molecule has 1 N–H and O–H groups in total. The highest BCUT2D eigenvalue weighted by Gasteiger charge is 2.35. The van der Waals surface area contributed by atoms with Gasteiger partial charge < -0.3 is 43.0 Å². The maximum Gasteiger partial charge on any atom is 0.420 e. The molecule has 0 aromatic heterocycles. The zero-order chi connectivity index (χ0) is 89.0. The molecule has 0 fully saturated rings. The van der Waals surface area contributed by atoms with Crippen LogP contribution in [-0.4, -0.2) is 81.8 Å². The van der Waals surface area contributed by atoms with Crippen molar-refractivity contribution in [2.24, 2.45) is 81.8 Å². The van der Waals surface area contributed by atoms with Crippen molar-refractivity contribution in [3.05, 3.63) is 285 Å². The Bertz CT molecular complexity index is 5590. The van der Waals surface area contributed by atoms with Crippen LogP contribution in [0.15, 0.2) is 339 Å². The van der Waals surface area contributed by atoms with Gasteiger partial charge >= 0.3 is 30.1 Å². The zero-order valence-electron chi connectivity index (χ0n) is 69.2. The lowest BCUT2D eigenvalue weighted by molar-refractivity contribution is -0.139. The number of benzene rings is 10. The predicted molar refractivity (Wildman–Crippen MR) is 467 cm³/mol. The lowest BCUT2D eigenvalue weighted by atomic mass is 10.1. The predicted octanol–water partition coefficient (Wildman–Crippen LogP) is 28.2. The van der Waals surface area contributed by atoms with Crippen LogP contribution in [0.25, 0.3) is 0 Å².